The number of thiazole rings is 1. The number of nitrogens with one attached hydrogen (secondary N) is 2. The van der Waals surface area contributed by atoms with Crippen molar-refractivity contribution in [2.45, 2.75) is 27.2 Å². The van der Waals surface area contributed by atoms with E-state index in [0.29, 0.717) is 5.56 Å². The van der Waals surface area contributed by atoms with Crippen molar-refractivity contribution in [3.63, 3.8) is 0 Å². The molecule has 6 heteroatoms. The SMILES string of the molecule is CCCNc1nc(-c2[nH]c(C)c(C(=O)OC)c2C)cs1. The van der Waals surface area contributed by atoms with Gasteiger partial charge in [0, 0.05) is 17.6 Å². The summed E-state index contributed by atoms with van der Waals surface area (Å²) >= 11 is 1.56. The number of carbonyl (C=O) groups excluding carboxylic acids is 1. The van der Waals surface area contributed by atoms with E-state index in [2.05, 4.69) is 22.2 Å². The molecular weight excluding hydrogens is 274 g/mol. The zero-order chi connectivity index (χ0) is 14.7. The fourth-order valence-electron chi connectivity index (χ4n) is 2.12. The van der Waals surface area contributed by atoms with Crippen molar-refractivity contribution >= 4 is 22.4 Å². The first-order valence-electron chi connectivity index (χ1n) is 6.55. The fourth-order valence-corrected chi connectivity index (χ4v) is 2.85. The van der Waals surface area contributed by atoms with Crippen molar-refractivity contribution in [1.82, 2.24) is 9.97 Å². The van der Waals surface area contributed by atoms with Crippen LogP contribution >= 0.6 is 11.3 Å². The van der Waals surface area contributed by atoms with Crippen LogP contribution in [0, 0.1) is 13.8 Å². The van der Waals surface area contributed by atoms with Crippen molar-refractivity contribution in [2.75, 3.05) is 19.0 Å². The average molecular weight is 293 g/mol. The summed E-state index contributed by atoms with van der Waals surface area (Å²) < 4.78 is 4.82. The van der Waals surface area contributed by atoms with Crippen LogP contribution in [-0.2, 0) is 4.74 Å². The minimum absolute atomic E-state index is 0.318. The minimum atomic E-state index is -0.318. The van der Waals surface area contributed by atoms with Gasteiger partial charge in [-0.15, -0.1) is 11.3 Å². The zero-order valence-electron chi connectivity index (χ0n) is 12.2. The minimum Gasteiger partial charge on any atom is -0.465 e. The van der Waals surface area contributed by atoms with Gasteiger partial charge in [0.05, 0.1) is 18.4 Å². The van der Waals surface area contributed by atoms with Gasteiger partial charge in [-0.05, 0) is 25.8 Å². The maximum Gasteiger partial charge on any atom is 0.339 e. The van der Waals surface area contributed by atoms with Crippen LogP contribution in [0.25, 0.3) is 11.4 Å². The third-order valence-corrected chi connectivity index (χ3v) is 3.91. The first-order chi connectivity index (χ1) is 9.58. The van der Waals surface area contributed by atoms with Crippen LogP contribution in [0.15, 0.2) is 5.38 Å². The predicted molar refractivity (Wildman–Crippen MR) is 81.5 cm³/mol. The molecule has 0 unspecified atom stereocenters. The summed E-state index contributed by atoms with van der Waals surface area (Å²) in [7, 11) is 1.39. The van der Waals surface area contributed by atoms with Crippen LogP contribution < -0.4 is 5.32 Å². The summed E-state index contributed by atoms with van der Waals surface area (Å²) in [4.78, 5) is 19.5. The molecule has 20 heavy (non-hydrogen) atoms. The van der Waals surface area contributed by atoms with E-state index in [1.807, 2.05) is 19.2 Å². The molecule has 0 aromatic carbocycles. The molecule has 0 aliphatic heterocycles. The topological polar surface area (TPSA) is 67.0 Å². The van der Waals surface area contributed by atoms with Gasteiger partial charge in [-0.1, -0.05) is 6.92 Å². The molecule has 0 saturated heterocycles. The Morgan fingerprint density at radius 3 is 2.90 bits per heavy atom. The average Bonchev–Trinajstić information content (AvgIpc) is 3.00. The lowest BCUT2D eigenvalue weighted by atomic mass is 10.1. The van der Waals surface area contributed by atoms with Crippen molar-refractivity contribution < 1.29 is 9.53 Å². The number of aromatic nitrogens is 2. The zero-order valence-corrected chi connectivity index (χ0v) is 13.0. The lowest BCUT2D eigenvalue weighted by Crippen LogP contribution is -2.03. The number of H-pyrrole nitrogens is 1. The van der Waals surface area contributed by atoms with E-state index in [1.165, 1.54) is 7.11 Å². The number of methoxy groups -OCH3 is 1. The van der Waals surface area contributed by atoms with Crippen LogP contribution in [-0.4, -0.2) is 29.6 Å². The first-order valence-corrected chi connectivity index (χ1v) is 7.43. The Kier molecular flexibility index (Phi) is 4.44. The molecule has 2 heterocycles. The maximum absolute atomic E-state index is 11.8. The molecule has 0 aliphatic carbocycles. The molecular formula is C14H19N3O2S. The van der Waals surface area contributed by atoms with E-state index in [1.54, 1.807) is 11.3 Å². The lowest BCUT2D eigenvalue weighted by Gasteiger charge is -2.00. The highest BCUT2D eigenvalue weighted by Crippen LogP contribution is 2.30. The Balaban J connectivity index is 2.34. The van der Waals surface area contributed by atoms with Crippen LogP contribution in [0.1, 0.15) is 35.0 Å². The van der Waals surface area contributed by atoms with Gasteiger partial charge in [0.1, 0.15) is 5.69 Å². The summed E-state index contributed by atoms with van der Waals surface area (Å²) in [5, 5.41) is 6.14. The van der Waals surface area contributed by atoms with Crippen LogP contribution in [0.3, 0.4) is 0 Å². The molecule has 0 aliphatic rings. The van der Waals surface area contributed by atoms with Crippen LogP contribution in [0.5, 0.6) is 0 Å². The molecule has 0 spiro atoms. The second-order valence-corrected chi connectivity index (χ2v) is 5.44. The molecule has 108 valence electrons. The number of ether oxygens (including phenoxy) is 1. The normalized spacial score (nSPS) is 10.6. The van der Waals surface area contributed by atoms with Gasteiger partial charge in [0.25, 0.3) is 0 Å². The largest absolute Gasteiger partial charge is 0.465 e. The number of nitrogens with zero attached hydrogens (tertiary/aromatic N) is 1. The van der Waals surface area contributed by atoms with Crippen LogP contribution in [0.4, 0.5) is 5.13 Å². The number of carbonyl (C=O) groups is 1. The molecule has 2 rings (SSSR count). The van der Waals surface area contributed by atoms with Crippen molar-refractivity contribution in [1.29, 1.82) is 0 Å². The van der Waals surface area contributed by atoms with Crippen molar-refractivity contribution in [3.8, 4) is 11.4 Å². The number of aromatic amines is 1. The van der Waals surface area contributed by atoms with E-state index in [-0.39, 0.29) is 5.97 Å². The summed E-state index contributed by atoms with van der Waals surface area (Å²) in [5.41, 5.74) is 4.01. The molecule has 2 aromatic rings. The first kappa shape index (κ1) is 14.6. The van der Waals surface area contributed by atoms with E-state index < -0.39 is 0 Å². The summed E-state index contributed by atoms with van der Waals surface area (Å²) in [6.45, 7) is 6.79. The van der Waals surface area contributed by atoms with Gasteiger partial charge in [0.2, 0.25) is 0 Å². The molecule has 0 amide bonds. The Bertz CT molecular complexity index is 616. The molecule has 2 N–H and O–H groups in total. The second-order valence-electron chi connectivity index (χ2n) is 4.58. The van der Waals surface area contributed by atoms with Gasteiger partial charge >= 0.3 is 5.97 Å². The molecule has 0 bridgehead atoms. The van der Waals surface area contributed by atoms with Gasteiger partial charge in [-0.3, -0.25) is 0 Å². The Morgan fingerprint density at radius 1 is 1.50 bits per heavy atom. The maximum atomic E-state index is 11.8. The number of hydrogen-bond acceptors (Lipinski definition) is 5. The number of aryl methyl sites for hydroxylation is 1. The Morgan fingerprint density at radius 2 is 2.25 bits per heavy atom. The van der Waals surface area contributed by atoms with Gasteiger partial charge in [-0.25, -0.2) is 9.78 Å². The Hall–Kier alpha value is -1.82. The summed E-state index contributed by atoms with van der Waals surface area (Å²) in [6, 6.07) is 0. The molecule has 0 atom stereocenters. The highest BCUT2D eigenvalue weighted by Gasteiger charge is 2.20. The molecule has 5 nitrogen and oxygen atoms in total. The number of anilines is 1. The monoisotopic (exact) mass is 293 g/mol. The van der Waals surface area contributed by atoms with Crippen molar-refractivity contribution in [2.24, 2.45) is 0 Å². The molecule has 0 fully saturated rings. The number of rotatable bonds is 5. The second kappa shape index (κ2) is 6.09. The molecule has 0 radical (unpaired) electrons. The van der Waals surface area contributed by atoms with E-state index in [4.69, 9.17) is 4.74 Å². The smallest absolute Gasteiger partial charge is 0.339 e. The highest BCUT2D eigenvalue weighted by molar-refractivity contribution is 7.14. The molecule has 0 saturated carbocycles. The van der Waals surface area contributed by atoms with Gasteiger partial charge < -0.3 is 15.0 Å². The molecule has 2 aromatic heterocycles. The third kappa shape index (κ3) is 2.70. The van der Waals surface area contributed by atoms with E-state index in [0.717, 1.165) is 40.7 Å². The predicted octanol–water partition coefficient (Wildman–Crippen LogP) is 3.36. The van der Waals surface area contributed by atoms with E-state index in [9.17, 15) is 4.79 Å². The Labute approximate surface area is 122 Å². The van der Waals surface area contributed by atoms with Crippen molar-refractivity contribution in [3.05, 3.63) is 22.2 Å². The summed E-state index contributed by atoms with van der Waals surface area (Å²) in [5.74, 6) is -0.318. The van der Waals surface area contributed by atoms with Gasteiger partial charge in [0.15, 0.2) is 5.13 Å². The van der Waals surface area contributed by atoms with E-state index >= 15 is 0 Å². The lowest BCUT2D eigenvalue weighted by molar-refractivity contribution is 0.0599. The third-order valence-electron chi connectivity index (χ3n) is 3.11. The summed E-state index contributed by atoms with van der Waals surface area (Å²) in [6.07, 6.45) is 1.06. The highest BCUT2D eigenvalue weighted by atomic mass is 32.1. The van der Waals surface area contributed by atoms with Crippen LogP contribution in [0.2, 0.25) is 0 Å². The standard InChI is InChI=1S/C14H19N3O2S/c1-5-6-15-14-17-10(7-20-14)12-8(2)11(9(3)16-12)13(18)19-4/h7,16H,5-6H2,1-4H3,(H,15,17). The number of hydrogen-bond donors (Lipinski definition) is 2. The number of esters is 1. The van der Waals surface area contributed by atoms with Gasteiger partial charge in [-0.2, -0.15) is 0 Å². The fraction of sp³-hybridized carbons (Fsp3) is 0.429. The quantitative estimate of drug-likeness (QED) is 0.829.